The summed E-state index contributed by atoms with van der Waals surface area (Å²) in [5, 5.41) is 0.746. The summed E-state index contributed by atoms with van der Waals surface area (Å²) in [5.74, 6) is 1.40. The lowest BCUT2D eigenvalue weighted by Crippen LogP contribution is -2.51. The van der Waals surface area contributed by atoms with Crippen LogP contribution in [0.3, 0.4) is 0 Å². The lowest BCUT2D eigenvalue weighted by molar-refractivity contribution is 0.0387. The average molecular weight is 319 g/mol. The van der Waals surface area contributed by atoms with Crippen LogP contribution in [0.5, 0.6) is 0 Å². The van der Waals surface area contributed by atoms with Crippen LogP contribution in [-0.4, -0.2) is 38.7 Å². The standard InChI is InChI=1S/C16H21N3O2S/c20-14(12-10-17-16-19(15(12)21)8-9-22-16)18-7-3-5-11-4-1-2-6-13(11)18/h10-11,13H,1-9H2/t11-,13+/m0/s1. The lowest BCUT2D eigenvalue weighted by Gasteiger charge is -2.44. The van der Waals surface area contributed by atoms with Crippen LogP contribution in [-0.2, 0) is 6.54 Å². The molecule has 0 radical (unpaired) electrons. The molecule has 0 bridgehead atoms. The van der Waals surface area contributed by atoms with Crippen molar-refractivity contribution in [2.45, 2.75) is 56.3 Å². The highest BCUT2D eigenvalue weighted by atomic mass is 32.2. The fourth-order valence-electron chi connectivity index (χ4n) is 4.20. The molecular formula is C16H21N3O2S. The minimum atomic E-state index is -0.155. The Bertz CT molecular complexity index is 655. The number of carbonyl (C=O) groups excluding carboxylic acids is 1. The van der Waals surface area contributed by atoms with E-state index in [-0.39, 0.29) is 17.0 Å². The number of aromatic nitrogens is 2. The Kier molecular flexibility index (Phi) is 3.72. The van der Waals surface area contributed by atoms with Crippen LogP contribution in [0.4, 0.5) is 0 Å². The molecule has 6 heteroatoms. The first kappa shape index (κ1) is 14.3. The summed E-state index contributed by atoms with van der Waals surface area (Å²) < 4.78 is 1.65. The lowest BCUT2D eigenvalue weighted by atomic mass is 9.78. The molecule has 4 rings (SSSR count). The molecule has 22 heavy (non-hydrogen) atoms. The van der Waals surface area contributed by atoms with Crippen molar-refractivity contribution in [1.82, 2.24) is 14.5 Å². The van der Waals surface area contributed by atoms with Crippen molar-refractivity contribution >= 4 is 17.7 Å². The summed E-state index contributed by atoms with van der Waals surface area (Å²) in [6.07, 6.45) is 8.58. The molecule has 1 aromatic heterocycles. The molecule has 0 N–H and O–H groups in total. The molecule has 5 nitrogen and oxygen atoms in total. The zero-order chi connectivity index (χ0) is 15.1. The van der Waals surface area contributed by atoms with Crippen molar-refractivity contribution in [2.75, 3.05) is 12.3 Å². The second kappa shape index (κ2) is 5.72. The average Bonchev–Trinajstić information content (AvgIpc) is 3.04. The molecule has 2 aliphatic heterocycles. The number of hydrogen-bond donors (Lipinski definition) is 0. The van der Waals surface area contributed by atoms with E-state index in [0.29, 0.717) is 18.5 Å². The van der Waals surface area contributed by atoms with Crippen molar-refractivity contribution in [2.24, 2.45) is 5.92 Å². The number of piperidine rings is 1. The fraction of sp³-hybridized carbons (Fsp3) is 0.688. The summed E-state index contributed by atoms with van der Waals surface area (Å²) in [6, 6.07) is 0.335. The van der Waals surface area contributed by atoms with Gasteiger partial charge in [-0.25, -0.2) is 4.98 Å². The van der Waals surface area contributed by atoms with E-state index in [1.54, 1.807) is 16.3 Å². The van der Waals surface area contributed by atoms with E-state index < -0.39 is 0 Å². The SMILES string of the molecule is O=C(c1cnc2n(c1=O)CCS2)N1CCC[C@@H]2CCCC[C@H]21. The maximum absolute atomic E-state index is 12.9. The number of fused-ring (bicyclic) bond motifs is 2. The van der Waals surface area contributed by atoms with Crippen molar-refractivity contribution < 1.29 is 4.79 Å². The predicted molar refractivity (Wildman–Crippen MR) is 85.2 cm³/mol. The van der Waals surface area contributed by atoms with Crippen LogP contribution in [0.25, 0.3) is 0 Å². The normalized spacial score (nSPS) is 27.4. The van der Waals surface area contributed by atoms with Crippen LogP contribution in [0.1, 0.15) is 48.9 Å². The molecule has 118 valence electrons. The smallest absolute Gasteiger partial charge is 0.267 e. The number of hydrogen-bond acceptors (Lipinski definition) is 4. The number of carbonyl (C=O) groups is 1. The third-order valence-corrected chi connectivity index (χ3v) is 6.26. The van der Waals surface area contributed by atoms with Gasteiger partial charge in [0, 0.05) is 31.1 Å². The third kappa shape index (κ3) is 2.28. The summed E-state index contributed by atoms with van der Waals surface area (Å²) in [6.45, 7) is 1.45. The zero-order valence-corrected chi connectivity index (χ0v) is 13.5. The Morgan fingerprint density at radius 1 is 1.18 bits per heavy atom. The molecule has 3 heterocycles. The fourth-order valence-corrected chi connectivity index (χ4v) is 5.11. The molecule has 3 aliphatic rings. The van der Waals surface area contributed by atoms with Crippen molar-refractivity contribution in [3.05, 3.63) is 22.1 Å². The van der Waals surface area contributed by atoms with Gasteiger partial charge >= 0.3 is 0 Å². The molecule has 0 aromatic carbocycles. The highest BCUT2D eigenvalue weighted by Gasteiger charge is 2.37. The highest BCUT2D eigenvalue weighted by molar-refractivity contribution is 7.99. The molecule has 1 amide bonds. The van der Waals surface area contributed by atoms with E-state index in [0.717, 1.165) is 30.3 Å². The van der Waals surface area contributed by atoms with Gasteiger partial charge < -0.3 is 4.90 Å². The van der Waals surface area contributed by atoms with Crippen molar-refractivity contribution in [3.8, 4) is 0 Å². The van der Waals surface area contributed by atoms with E-state index in [1.165, 1.54) is 31.9 Å². The Hall–Kier alpha value is -1.30. The molecule has 1 aromatic rings. The first-order valence-electron chi connectivity index (χ1n) is 8.29. The second-order valence-electron chi connectivity index (χ2n) is 6.51. The summed E-state index contributed by atoms with van der Waals surface area (Å²) in [4.78, 5) is 31.8. The van der Waals surface area contributed by atoms with E-state index in [1.807, 2.05) is 4.90 Å². The van der Waals surface area contributed by atoms with E-state index in [4.69, 9.17) is 0 Å². The predicted octanol–water partition coefficient (Wildman–Crippen LogP) is 2.14. The van der Waals surface area contributed by atoms with Crippen LogP contribution < -0.4 is 5.56 Å². The monoisotopic (exact) mass is 319 g/mol. The van der Waals surface area contributed by atoms with E-state index in [2.05, 4.69) is 4.98 Å². The number of rotatable bonds is 1. The minimum absolute atomic E-state index is 0.0960. The molecular weight excluding hydrogens is 298 g/mol. The van der Waals surface area contributed by atoms with E-state index in [9.17, 15) is 9.59 Å². The van der Waals surface area contributed by atoms with Crippen molar-refractivity contribution in [3.63, 3.8) is 0 Å². The van der Waals surface area contributed by atoms with E-state index >= 15 is 0 Å². The van der Waals surface area contributed by atoms with Gasteiger partial charge in [0.1, 0.15) is 5.56 Å². The zero-order valence-electron chi connectivity index (χ0n) is 12.7. The van der Waals surface area contributed by atoms with Gasteiger partial charge in [0.05, 0.1) is 0 Å². The Morgan fingerprint density at radius 2 is 2.00 bits per heavy atom. The maximum atomic E-state index is 12.9. The molecule has 1 aliphatic carbocycles. The van der Waals surface area contributed by atoms with Crippen LogP contribution in [0, 0.1) is 5.92 Å². The quantitative estimate of drug-likeness (QED) is 0.744. The van der Waals surface area contributed by atoms with Gasteiger partial charge in [-0.3, -0.25) is 14.2 Å². The number of thioether (sulfide) groups is 1. The minimum Gasteiger partial charge on any atom is -0.335 e. The Balaban J connectivity index is 1.65. The third-order valence-electron chi connectivity index (χ3n) is 5.29. The molecule has 2 fully saturated rings. The topological polar surface area (TPSA) is 55.2 Å². The molecule has 0 spiro atoms. The maximum Gasteiger partial charge on any atom is 0.267 e. The van der Waals surface area contributed by atoms with Gasteiger partial charge in [0.15, 0.2) is 5.16 Å². The molecule has 1 saturated carbocycles. The Morgan fingerprint density at radius 3 is 2.91 bits per heavy atom. The van der Waals surface area contributed by atoms with Gasteiger partial charge in [-0.15, -0.1) is 0 Å². The number of amides is 1. The summed E-state index contributed by atoms with van der Waals surface area (Å²) in [5.41, 5.74) is 0.107. The first-order valence-corrected chi connectivity index (χ1v) is 9.28. The molecule has 1 saturated heterocycles. The molecule has 0 unspecified atom stereocenters. The summed E-state index contributed by atoms with van der Waals surface area (Å²) >= 11 is 1.58. The van der Waals surface area contributed by atoms with Gasteiger partial charge in [0.25, 0.3) is 11.5 Å². The van der Waals surface area contributed by atoms with Gasteiger partial charge in [-0.1, -0.05) is 24.6 Å². The van der Waals surface area contributed by atoms with Crippen LogP contribution in [0.2, 0.25) is 0 Å². The van der Waals surface area contributed by atoms with Gasteiger partial charge in [0.2, 0.25) is 0 Å². The van der Waals surface area contributed by atoms with Crippen LogP contribution >= 0.6 is 11.8 Å². The largest absolute Gasteiger partial charge is 0.335 e. The Labute approximate surface area is 134 Å². The van der Waals surface area contributed by atoms with Gasteiger partial charge in [-0.2, -0.15) is 0 Å². The number of likely N-dealkylation sites (tertiary alicyclic amines) is 1. The first-order chi connectivity index (χ1) is 10.8. The summed E-state index contributed by atoms with van der Waals surface area (Å²) in [7, 11) is 0. The molecule has 2 atom stereocenters. The second-order valence-corrected chi connectivity index (χ2v) is 7.57. The van der Waals surface area contributed by atoms with Crippen LogP contribution in [0.15, 0.2) is 16.1 Å². The highest BCUT2D eigenvalue weighted by Crippen LogP contribution is 2.35. The number of nitrogens with zero attached hydrogens (tertiary/aromatic N) is 3. The van der Waals surface area contributed by atoms with Crippen molar-refractivity contribution in [1.29, 1.82) is 0 Å². The van der Waals surface area contributed by atoms with Gasteiger partial charge in [-0.05, 0) is 31.6 Å².